The third-order valence-corrected chi connectivity index (χ3v) is 5.40. The Balaban J connectivity index is 1.45. The van der Waals surface area contributed by atoms with Crippen LogP contribution in [-0.2, 0) is 11.3 Å². The molecule has 6 nitrogen and oxygen atoms in total. The van der Waals surface area contributed by atoms with Crippen LogP contribution in [0.4, 0.5) is 4.39 Å². The number of hydrogen-bond donors (Lipinski definition) is 0. The van der Waals surface area contributed by atoms with E-state index in [0.717, 1.165) is 19.4 Å². The van der Waals surface area contributed by atoms with Crippen molar-refractivity contribution in [2.75, 3.05) is 6.54 Å². The molecule has 0 N–H and O–H groups in total. The van der Waals surface area contributed by atoms with E-state index < -0.39 is 0 Å². The van der Waals surface area contributed by atoms with Gasteiger partial charge in [0.15, 0.2) is 0 Å². The lowest BCUT2D eigenvalue weighted by molar-refractivity contribution is -0.138. The van der Waals surface area contributed by atoms with Crippen molar-refractivity contribution >= 4 is 5.91 Å². The van der Waals surface area contributed by atoms with Crippen LogP contribution >= 0.6 is 0 Å². The number of halogens is 1. The van der Waals surface area contributed by atoms with Gasteiger partial charge in [-0.15, -0.1) is 10.2 Å². The molecule has 2 aromatic rings. The number of carbonyl (C=O) groups excluding carboxylic acids is 1. The molecule has 132 valence electrons. The standard InChI is InChI=1S/C18H22FN5O/c19-15-9-7-14(8-10-15)18-20-22-24(21-18)12-17(25)23-11-3-5-13-4-1-2-6-16(13)23/h7-10,13,16H,1-6,11-12H2/t13-,16-/m0/s1. The second kappa shape index (κ2) is 6.90. The van der Waals surface area contributed by atoms with E-state index in [1.807, 2.05) is 4.90 Å². The molecular formula is C18H22FN5O. The highest BCUT2D eigenvalue weighted by molar-refractivity contribution is 5.76. The first-order chi connectivity index (χ1) is 12.2. The third kappa shape index (κ3) is 3.41. The van der Waals surface area contributed by atoms with Crippen molar-refractivity contribution in [3.8, 4) is 11.4 Å². The van der Waals surface area contributed by atoms with E-state index in [4.69, 9.17) is 0 Å². The highest BCUT2D eigenvalue weighted by Crippen LogP contribution is 2.35. The first kappa shape index (κ1) is 16.2. The van der Waals surface area contributed by atoms with Crippen molar-refractivity contribution in [1.82, 2.24) is 25.1 Å². The summed E-state index contributed by atoms with van der Waals surface area (Å²) < 4.78 is 13.0. The van der Waals surface area contributed by atoms with E-state index in [9.17, 15) is 9.18 Å². The number of fused-ring (bicyclic) bond motifs is 1. The molecule has 0 bridgehead atoms. The molecule has 7 heteroatoms. The minimum atomic E-state index is -0.307. The van der Waals surface area contributed by atoms with Crippen LogP contribution in [0.1, 0.15) is 38.5 Å². The molecule has 1 aromatic carbocycles. The zero-order valence-electron chi connectivity index (χ0n) is 14.1. The molecule has 25 heavy (non-hydrogen) atoms. The van der Waals surface area contributed by atoms with E-state index in [1.165, 1.54) is 42.6 Å². The molecule has 1 aromatic heterocycles. The summed E-state index contributed by atoms with van der Waals surface area (Å²) in [6, 6.07) is 6.32. The summed E-state index contributed by atoms with van der Waals surface area (Å²) in [4.78, 5) is 16.1. The maximum absolute atomic E-state index is 13.0. The maximum Gasteiger partial charge on any atom is 0.246 e. The minimum Gasteiger partial charge on any atom is -0.338 e. The number of aromatic nitrogens is 4. The summed E-state index contributed by atoms with van der Waals surface area (Å²) in [6.45, 7) is 0.941. The first-order valence-electron chi connectivity index (χ1n) is 9.04. The van der Waals surface area contributed by atoms with Crippen molar-refractivity contribution in [2.24, 2.45) is 5.92 Å². The van der Waals surface area contributed by atoms with Crippen molar-refractivity contribution in [1.29, 1.82) is 0 Å². The van der Waals surface area contributed by atoms with E-state index in [-0.39, 0.29) is 18.3 Å². The Hall–Kier alpha value is -2.31. The molecule has 2 aliphatic rings. The van der Waals surface area contributed by atoms with E-state index >= 15 is 0 Å². The number of carbonyl (C=O) groups is 1. The number of hydrogen-bond acceptors (Lipinski definition) is 4. The molecule has 0 radical (unpaired) electrons. The summed E-state index contributed by atoms with van der Waals surface area (Å²) in [5, 5.41) is 12.2. The lowest BCUT2D eigenvalue weighted by atomic mass is 9.78. The number of likely N-dealkylation sites (tertiary alicyclic amines) is 1. The predicted molar refractivity (Wildman–Crippen MR) is 89.9 cm³/mol. The summed E-state index contributed by atoms with van der Waals surface area (Å²) in [5.74, 6) is 0.824. The van der Waals surface area contributed by atoms with Crippen molar-refractivity contribution in [3.63, 3.8) is 0 Å². The number of benzene rings is 1. The van der Waals surface area contributed by atoms with Gasteiger partial charge in [-0.1, -0.05) is 12.8 Å². The van der Waals surface area contributed by atoms with Gasteiger partial charge in [0.25, 0.3) is 0 Å². The van der Waals surface area contributed by atoms with Gasteiger partial charge in [-0.3, -0.25) is 4.79 Å². The van der Waals surface area contributed by atoms with Crippen LogP contribution in [0.15, 0.2) is 24.3 Å². The largest absolute Gasteiger partial charge is 0.338 e. The van der Waals surface area contributed by atoms with Crippen LogP contribution < -0.4 is 0 Å². The van der Waals surface area contributed by atoms with E-state index in [0.29, 0.717) is 23.3 Å². The smallest absolute Gasteiger partial charge is 0.246 e. The Bertz CT molecular complexity index is 742. The van der Waals surface area contributed by atoms with Gasteiger partial charge in [0.1, 0.15) is 12.4 Å². The zero-order chi connectivity index (χ0) is 17.2. The van der Waals surface area contributed by atoms with Crippen LogP contribution in [0, 0.1) is 11.7 Å². The van der Waals surface area contributed by atoms with Gasteiger partial charge in [-0.05, 0) is 61.1 Å². The molecule has 0 unspecified atom stereocenters. The lowest BCUT2D eigenvalue weighted by Crippen LogP contribution is -2.50. The molecule has 2 heterocycles. The summed E-state index contributed by atoms with van der Waals surface area (Å²) in [6.07, 6.45) is 7.17. The average Bonchev–Trinajstić information content (AvgIpc) is 3.10. The quantitative estimate of drug-likeness (QED) is 0.859. The van der Waals surface area contributed by atoms with Crippen LogP contribution in [-0.4, -0.2) is 43.6 Å². The van der Waals surface area contributed by atoms with Crippen molar-refractivity contribution < 1.29 is 9.18 Å². The second-order valence-corrected chi connectivity index (χ2v) is 6.99. The lowest BCUT2D eigenvalue weighted by Gasteiger charge is -2.44. The Morgan fingerprint density at radius 1 is 1.12 bits per heavy atom. The van der Waals surface area contributed by atoms with E-state index in [1.54, 1.807) is 12.1 Å². The van der Waals surface area contributed by atoms with Gasteiger partial charge in [0.2, 0.25) is 11.7 Å². The molecule has 2 fully saturated rings. The second-order valence-electron chi connectivity index (χ2n) is 6.99. The molecule has 0 spiro atoms. The third-order valence-electron chi connectivity index (χ3n) is 5.40. The number of amides is 1. The van der Waals surface area contributed by atoms with Gasteiger partial charge >= 0.3 is 0 Å². The summed E-state index contributed by atoms with van der Waals surface area (Å²) in [7, 11) is 0. The van der Waals surface area contributed by atoms with Crippen molar-refractivity contribution in [3.05, 3.63) is 30.1 Å². The summed E-state index contributed by atoms with van der Waals surface area (Å²) in [5.41, 5.74) is 0.686. The Morgan fingerprint density at radius 2 is 1.88 bits per heavy atom. The minimum absolute atomic E-state index is 0.0691. The first-order valence-corrected chi connectivity index (χ1v) is 9.04. The summed E-state index contributed by atoms with van der Waals surface area (Å²) >= 11 is 0. The highest BCUT2D eigenvalue weighted by atomic mass is 19.1. The van der Waals surface area contributed by atoms with Crippen LogP contribution in [0.3, 0.4) is 0 Å². The van der Waals surface area contributed by atoms with Gasteiger partial charge in [0, 0.05) is 18.2 Å². The normalized spacial score (nSPS) is 23.3. The average molecular weight is 343 g/mol. The fourth-order valence-corrected chi connectivity index (χ4v) is 4.17. The topological polar surface area (TPSA) is 63.9 Å². The fourth-order valence-electron chi connectivity index (χ4n) is 4.17. The van der Waals surface area contributed by atoms with Gasteiger partial charge in [-0.2, -0.15) is 4.80 Å². The van der Waals surface area contributed by atoms with Gasteiger partial charge in [0.05, 0.1) is 0 Å². The number of nitrogens with zero attached hydrogens (tertiary/aromatic N) is 5. The van der Waals surface area contributed by atoms with Gasteiger partial charge in [-0.25, -0.2) is 4.39 Å². The molecular weight excluding hydrogens is 321 g/mol. The van der Waals surface area contributed by atoms with E-state index in [2.05, 4.69) is 15.4 Å². The fraction of sp³-hybridized carbons (Fsp3) is 0.556. The highest BCUT2D eigenvalue weighted by Gasteiger charge is 2.35. The van der Waals surface area contributed by atoms with Crippen LogP contribution in [0.25, 0.3) is 11.4 Å². The molecule has 1 aliphatic carbocycles. The number of piperidine rings is 1. The number of rotatable bonds is 3. The Labute approximate surface area is 146 Å². The van der Waals surface area contributed by atoms with Crippen molar-refractivity contribution in [2.45, 2.75) is 51.1 Å². The number of tetrazole rings is 1. The molecule has 4 rings (SSSR count). The Morgan fingerprint density at radius 3 is 2.72 bits per heavy atom. The zero-order valence-corrected chi connectivity index (χ0v) is 14.1. The predicted octanol–water partition coefficient (Wildman–Crippen LogP) is 2.66. The Kier molecular flexibility index (Phi) is 4.46. The maximum atomic E-state index is 13.0. The van der Waals surface area contributed by atoms with Gasteiger partial charge < -0.3 is 4.90 Å². The van der Waals surface area contributed by atoms with Crippen LogP contribution in [0.2, 0.25) is 0 Å². The molecule has 1 saturated carbocycles. The molecule has 1 saturated heterocycles. The SMILES string of the molecule is O=C(Cn1nnc(-c2ccc(F)cc2)n1)N1CCC[C@@H]2CCCC[C@@H]21. The van der Waals surface area contributed by atoms with Crippen LogP contribution in [0.5, 0.6) is 0 Å². The molecule has 1 aliphatic heterocycles. The molecule has 1 amide bonds. The molecule has 2 atom stereocenters. The monoisotopic (exact) mass is 343 g/mol.